The summed E-state index contributed by atoms with van der Waals surface area (Å²) >= 11 is 0. The van der Waals surface area contributed by atoms with Gasteiger partial charge in [0, 0.05) is 38.6 Å². The molecule has 3 N–H and O–H groups in total. The molecule has 0 saturated carbocycles. The quantitative estimate of drug-likeness (QED) is 0.606. The van der Waals surface area contributed by atoms with Gasteiger partial charge in [-0.05, 0) is 13.8 Å². The van der Waals surface area contributed by atoms with Crippen molar-refractivity contribution in [2.75, 3.05) is 32.8 Å². The monoisotopic (exact) mass is 229 g/mol. The van der Waals surface area contributed by atoms with Gasteiger partial charge in [-0.3, -0.25) is 9.69 Å². The van der Waals surface area contributed by atoms with Gasteiger partial charge in [0.2, 0.25) is 5.91 Å². The molecule has 1 fully saturated rings. The Balaban J connectivity index is 2.14. The molecule has 0 aliphatic carbocycles. The highest BCUT2D eigenvalue weighted by Gasteiger charge is 2.21. The van der Waals surface area contributed by atoms with E-state index < -0.39 is 0 Å². The van der Waals surface area contributed by atoms with Crippen LogP contribution in [0.2, 0.25) is 0 Å². The average molecular weight is 229 g/mol. The fraction of sp³-hybridized carbons (Fsp3) is 0.909. The average Bonchev–Trinajstić information content (AvgIpc) is 2.24. The van der Waals surface area contributed by atoms with Gasteiger partial charge >= 0.3 is 0 Å². The highest BCUT2D eigenvalue weighted by atomic mass is 16.5. The van der Waals surface area contributed by atoms with Gasteiger partial charge in [0.05, 0.1) is 12.7 Å². The van der Waals surface area contributed by atoms with Crippen molar-refractivity contribution in [1.29, 1.82) is 0 Å². The fourth-order valence-electron chi connectivity index (χ4n) is 1.81. The van der Waals surface area contributed by atoms with E-state index in [-0.39, 0.29) is 12.0 Å². The first-order valence-corrected chi connectivity index (χ1v) is 5.94. The van der Waals surface area contributed by atoms with Crippen LogP contribution in [0.1, 0.15) is 20.3 Å². The number of rotatable bonds is 6. The second-order valence-electron chi connectivity index (χ2n) is 4.50. The molecular formula is C11H23N3O2. The summed E-state index contributed by atoms with van der Waals surface area (Å²) in [5, 5.41) is 3.19. The van der Waals surface area contributed by atoms with Gasteiger partial charge in [0.15, 0.2) is 0 Å². The van der Waals surface area contributed by atoms with Gasteiger partial charge in [-0.2, -0.15) is 0 Å². The van der Waals surface area contributed by atoms with Crippen molar-refractivity contribution >= 4 is 5.91 Å². The first-order chi connectivity index (χ1) is 7.59. The highest BCUT2D eigenvalue weighted by molar-refractivity contribution is 5.73. The normalized spacial score (nSPS) is 22.6. The molecule has 0 aromatic heterocycles. The van der Waals surface area contributed by atoms with E-state index in [4.69, 9.17) is 10.5 Å². The summed E-state index contributed by atoms with van der Waals surface area (Å²) in [4.78, 5) is 12.9. The molecular weight excluding hydrogens is 206 g/mol. The number of nitrogens with two attached hydrogens (primary N) is 1. The third-order valence-electron chi connectivity index (χ3n) is 2.82. The maximum atomic E-state index is 10.5. The smallest absolute Gasteiger partial charge is 0.218 e. The number of hydrogen-bond acceptors (Lipinski definition) is 4. The molecule has 16 heavy (non-hydrogen) atoms. The van der Waals surface area contributed by atoms with E-state index in [1.165, 1.54) is 0 Å². The van der Waals surface area contributed by atoms with Crippen LogP contribution in [0, 0.1) is 0 Å². The van der Waals surface area contributed by atoms with Crippen LogP contribution < -0.4 is 11.1 Å². The van der Waals surface area contributed by atoms with Crippen LogP contribution in [-0.4, -0.2) is 55.7 Å². The predicted molar refractivity (Wildman–Crippen MR) is 63.1 cm³/mol. The summed E-state index contributed by atoms with van der Waals surface area (Å²) < 4.78 is 5.65. The zero-order valence-electron chi connectivity index (χ0n) is 10.2. The van der Waals surface area contributed by atoms with Gasteiger partial charge in [-0.15, -0.1) is 0 Å². The van der Waals surface area contributed by atoms with Crippen LogP contribution in [0.25, 0.3) is 0 Å². The maximum absolute atomic E-state index is 10.5. The largest absolute Gasteiger partial charge is 0.374 e. The Hall–Kier alpha value is -0.650. The van der Waals surface area contributed by atoms with Crippen LogP contribution >= 0.6 is 0 Å². The first kappa shape index (κ1) is 13.4. The minimum absolute atomic E-state index is 0.226. The minimum Gasteiger partial charge on any atom is -0.374 e. The lowest BCUT2D eigenvalue weighted by Gasteiger charge is -2.35. The van der Waals surface area contributed by atoms with E-state index >= 15 is 0 Å². The number of primary amides is 1. The number of amides is 1. The van der Waals surface area contributed by atoms with Crippen molar-refractivity contribution in [3.05, 3.63) is 0 Å². The van der Waals surface area contributed by atoms with E-state index in [0.717, 1.165) is 26.2 Å². The summed E-state index contributed by atoms with van der Waals surface area (Å²) in [5.74, 6) is -0.263. The molecule has 1 rings (SSSR count). The molecule has 0 spiro atoms. The molecule has 1 aliphatic rings. The molecule has 1 amide bonds. The molecule has 1 saturated heterocycles. The number of morpholine rings is 1. The SMILES string of the molecule is CC(C)N1CCOC(CNCCC(N)=O)C1. The zero-order valence-corrected chi connectivity index (χ0v) is 10.2. The summed E-state index contributed by atoms with van der Waals surface area (Å²) in [6, 6.07) is 0.567. The summed E-state index contributed by atoms with van der Waals surface area (Å²) in [6.07, 6.45) is 0.615. The summed E-state index contributed by atoms with van der Waals surface area (Å²) in [5.41, 5.74) is 5.06. The molecule has 0 aromatic rings. The van der Waals surface area contributed by atoms with Crippen LogP contribution in [0.3, 0.4) is 0 Å². The van der Waals surface area contributed by atoms with Gasteiger partial charge in [0.25, 0.3) is 0 Å². The van der Waals surface area contributed by atoms with E-state index in [0.29, 0.717) is 19.0 Å². The molecule has 0 aromatic carbocycles. The molecule has 5 nitrogen and oxygen atoms in total. The number of nitrogens with zero attached hydrogens (tertiary/aromatic N) is 1. The molecule has 1 atom stereocenters. The Kier molecular flexibility index (Phi) is 5.73. The van der Waals surface area contributed by atoms with E-state index in [2.05, 4.69) is 24.1 Å². The summed E-state index contributed by atoms with van der Waals surface area (Å²) in [7, 11) is 0. The molecule has 94 valence electrons. The standard InChI is InChI=1S/C11H23N3O2/c1-9(2)14-5-6-16-10(8-14)7-13-4-3-11(12)15/h9-10,13H,3-8H2,1-2H3,(H2,12,15). The Labute approximate surface area is 97.3 Å². The molecule has 1 aliphatic heterocycles. The van der Waals surface area contributed by atoms with Crippen molar-refractivity contribution in [2.24, 2.45) is 5.73 Å². The van der Waals surface area contributed by atoms with Crippen molar-refractivity contribution in [3.63, 3.8) is 0 Å². The second-order valence-corrected chi connectivity index (χ2v) is 4.50. The van der Waals surface area contributed by atoms with E-state index in [1.54, 1.807) is 0 Å². The zero-order chi connectivity index (χ0) is 12.0. The molecule has 1 unspecified atom stereocenters. The van der Waals surface area contributed by atoms with Crippen LogP contribution in [0.4, 0.5) is 0 Å². The van der Waals surface area contributed by atoms with Crippen LogP contribution in [0.5, 0.6) is 0 Å². The number of ether oxygens (including phenoxy) is 1. The molecule has 1 heterocycles. The van der Waals surface area contributed by atoms with E-state index in [9.17, 15) is 4.79 Å². The Morgan fingerprint density at radius 1 is 1.62 bits per heavy atom. The second kappa shape index (κ2) is 6.83. The lowest BCUT2D eigenvalue weighted by Crippen LogP contribution is -2.49. The number of carbonyl (C=O) groups excluding carboxylic acids is 1. The minimum atomic E-state index is -0.263. The summed E-state index contributed by atoms with van der Waals surface area (Å²) in [6.45, 7) is 8.58. The highest BCUT2D eigenvalue weighted by Crippen LogP contribution is 2.07. The number of nitrogens with one attached hydrogen (secondary N) is 1. The molecule has 0 bridgehead atoms. The third-order valence-corrected chi connectivity index (χ3v) is 2.82. The van der Waals surface area contributed by atoms with Gasteiger partial charge < -0.3 is 15.8 Å². The molecule has 5 heteroatoms. The predicted octanol–water partition coefficient (Wildman–Crippen LogP) is -0.439. The Bertz CT molecular complexity index is 221. The van der Waals surface area contributed by atoms with Crippen molar-refractivity contribution in [3.8, 4) is 0 Å². The first-order valence-electron chi connectivity index (χ1n) is 5.94. The van der Waals surface area contributed by atoms with Gasteiger partial charge in [0.1, 0.15) is 0 Å². The van der Waals surface area contributed by atoms with Gasteiger partial charge in [-0.25, -0.2) is 0 Å². The fourth-order valence-corrected chi connectivity index (χ4v) is 1.81. The van der Waals surface area contributed by atoms with E-state index in [1.807, 2.05) is 0 Å². The lowest BCUT2D eigenvalue weighted by molar-refractivity contribution is -0.117. The maximum Gasteiger partial charge on any atom is 0.218 e. The topological polar surface area (TPSA) is 67.6 Å². The van der Waals surface area contributed by atoms with Crippen LogP contribution in [0.15, 0.2) is 0 Å². The van der Waals surface area contributed by atoms with Gasteiger partial charge in [-0.1, -0.05) is 0 Å². The van der Waals surface area contributed by atoms with Crippen molar-refractivity contribution in [2.45, 2.75) is 32.4 Å². The Morgan fingerprint density at radius 3 is 3.00 bits per heavy atom. The Morgan fingerprint density at radius 2 is 2.38 bits per heavy atom. The van der Waals surface area contributed by atoms with Crippen LogP contribution in [-0.2, 0) is 9.53 Å². The number of hydrogen-bond donors (Lipinski definition) is 2. The molecule has 0 radical (unpaired) electrons. The lowest BCUT2D eigenvalue weighted by atomic mass is 10.2. The van der Waals surface area contributed by atoms with Crippen molar-refractivity contribution < 1.29 is 9.53 Å². The van der Waals surface area contributed by atoms with Crippen molar-refractivity contribution in [1.82, 2.24) is 10.2 Å². The third kappa shape index (κ3) is 4.92. The number of carbonyl (C=O) groups is 1.